The normalized spacial score (nSPS) is 32.0. The fourth-order valence-electron chi connectivity index (χ4n) is 7.03. The van der Waals surface area contributed by atoms with Crippen molar-refractivity contribution in [1.29, 1.82) is 0 Å². The number of aliphatic hydroxyl groups excluding tert-OH is 1. The van der Waals surface area contributed by atoms with E-state index < -0.39 is 28.7 Å². The second-order valence-electron chi connectivity index (χ2n) is 11.4. The van der Waals surface area contributed by atoms with E-state index in [4.69, 9.17) is 4.74 Å². The highest BCUT2D eigenvalue weighted by Gasteiger charge is 2.77. The van der Waals surface area contributed by atoms with Crippen LogP contribution in [0.25, 0.3) is 0 Å². The highest BCUT2D eigenvalue weighted by molar-refractivity contribution is 8.02. The molecule has 38 heavy (non-hydrogen) atoms. The molecule has 3 saturated heterocycles. The summed E-state index contributed by atoms with van der Waals surface area (Å²) < 4.78 is 4.96. The molecule has 214 valence electrons. The molecular formula is C30H48N2O5S. The van der Waals surface area contributed by atoms with Gasteiger partial charge in [-0.25, -0.2) is 0 Å². The topological polar surface area (TPSA) is 87.2 Å². The van der Waals surface area contributed by atoms with E-state index in [1.807, 2.05) is 25.7 Å². The Morgan fingerprint density at radius 2 is 2.00 bits per heavy atom. The van der Waals surface area contributed by atoms with Gasteiger partial charge in [0, 0.05) is 17.8 Å². The van der Waals surface area contributed by atoms with Crippen LogP contribution in [0.2, 0.25) is 0 Å². The Bertz CT molecular complexity index is 896. The number of allylic oxidation sites excluding steroid dienone is 1. The molecule has 1 spiro atoms. The van der Waals surface area contributed by atoms with Crippen LogP contribution < -0.4 is 0 Å². The summed E-state index contributed by atoms with van der Waals surface area (Å²) >= 11 is 1.66. The summed E-state index contributed by atoms with van der Waals surface area (Å²) in [5.74, 6) is -1.76. The molecule has 3 rings (SSSR count). The zero-order valence-corrected chi connectivity index (χ0v) is 24.8. The maximum atomic E-state index is 14.6. The molecule has 0 radical (unpaired) electrons. The van der Waals surface area contributed by atoms with Gasteiger partial charge in [-0.15, -0.1) is 24.9 Å². The molecule has 0 saturated carbocycles. The van der Waals surface area contributed by atoms with Gasteiger partial charge in [-0.3, -0.25) is 14.4 Å². The summed E-state index contributed by atoms with van der Waals surface area (Å²) in [6, 6.07) is -1.25. The molecule has 2 bridgehead atoms. The van der Waals surface area contributed by atoms with Gasteiger partial charge in [0.1, 0.15) is 6.04 Å². The Balaban J connectivity index is 2.09. The van der Waals surface area contributed by atoms with Gasteiger partial charge >= 0.3 is 5.97 Å². The summed E-state index contributed by atoms with van der Waals surface area (Å²) in [5.41, 5.74) is 0. The smallest absolute Gasteiger partial charge is 0.310 e. The molecular weight excluding hydrogens is 500 g/mol. The largest absolute Gasteiger partial charge is 0.465 e. The van der Waals surface area contributed by atoms with Crippen LogP contribution in [0.5, 0.6) is 0 Å². The summed E-state index contributed by atoms with van der Waals surface area (Å²) in [5, 5.41) is 10.5. The van der Waals surface area contributed by atoms with Crippen molar-refractivity contribution in [2.75, 3.05) is 19.8 Å². The quantitative estimate of drug-likeness (QED) is 0.185. The third-order valence-corrected chi connectivity index (χ3v) is 11.3. The SMILES string of the molecule is C=CCCCOC(=O)[C@@H]1[C@@H]2CC(C)C3(S2)C(C(=O)N(CC=C)C(C)CCC)N([C@@H](CO)[C@@H](C)CC)C(=O)[C@H]13. The van der Waals surface area contributed by atoms with E-state index in [2.05, 4.69) is 27.0 Å². The Morgan fingerprint density at radius 3 is 2.58 bits per heavy atom. The second kappa shape index (κ2) is 13.0. The summed E-state index contributed by atoms with van der Waals surface area (Å²) in [4.78, 5) is 46.0. The predicted octanol–water partition coefficient (Wildman–Crippen LogP) is 4.44. The number of esters is 1. The Hall–Kier alpha value is -1.80. The molecule has 3 aliphatic heterocycles. The van der Waals surface area contributed by atoms with Crippen LogP contribution in [0.4, 0.5) is 0 Å². The first kappa shape index (κ1) is 30.7. The van der Waals surface area contributed by atoms with Crippen LogP contribution in [0.15, 0.2) is 25.3 Å². The van der Waals surface area contributed by atoms with Gasteiger partial charge in [-0.05, 0) is 44.4 Å². The minimum Gasteiger partial charge on any atom is -0.465 e. The van der Waals surface area contributed by atoms with Crippen LogP contribution in [-0.2, 0) is 19.1 Å². The minimum absolute atomic E-state index is 0.00259. The Kier molecular flexibility index (Phi) is 10.5. The molecule has 3 aliphatic rings. The number of carbonyl (C=O) groups excluding carboxylic acids is 3. The van der Waals surface area contributed by atoms with Crippen LogP contribution in [0.1, 0.15) is 73.1 Å². The number of likely N-dealkylation sites (tertiary alicyclic amines) is 1. The van der Waals surface area contributed by atoms with Crippen molar-refractivity contribution < 1.29 is 24.2 Å². The lowest BCUT2D eigenvalue weighted by molar-refractivity contribution is -0.155. The van der Waals surface area contributed by atoms with Gasteiger partial charge in [-0.1, -0.05) is 52.7 Å². The molecule has 8 heteroatoms. The van der Waals surface area contributed by atoms with Crippen molar-refractivity contribution >= 4 is 29.5 Å². The monoisotopic (exact) mass is 548 g/mol. The molecule has 0 aromatic rings. The zero-order valence-electron chi connectivity index (χ0n) is 23.9. The lowest BCUT2D eigenvalue weighted by Gasteiger charge is -2.44. The highest BCUT2D eigenvalue weighted by atomic mass is 32.2. The average Bonchev–Trinajstić information content (AvgIpc) is 3.49. The molecule has 4 unspecified atom stereocenters. The molecule has 2 amide bonds. The summed E-state index contributed by atoms with van der Waals surface area (Å²) in [7, 11) is 0. The van der Waals surface area contributed by atoms with Crippen molar-refractivity contribution in [3.05, 3.63) is 25.3 Å². The van der Waals surface area contributed by atoms with Gasteiger partial charge in [0.25, 0.3) is 0 Å². The summed E-state index contributed by atoms with van der Waals surface area (Å²) in [6.45, 7) is 18.4. The molecule has 1 N–H and O–H groups in total. The molecule has 3 heterocycles. The molecule has 3 fully saturated rings. The zero-order chi connectivity index (χ0) is 28.2. The van der Waals surface area contributed by atoms with Gasteiger partial charge in [0.2, 0.25) is 11.8 Å². The first-order chi connectivity index (χ1) is 18.2. The van der Waals surface area contributed by atoms with Gasteiger partial charge in [0.15, 0.2) is 0 Å². The van der Waals surface area contributed by atoms with Crippen molar-refractivity contribution in [1.82, 2.24) is 9.80 Å². The lowest BCUT2D eigenvalue weighted by atomic mass is 9.66. The number of fused-ring (bicyclic) bond motifs is 1. The standard InChI is InChI=1S/C30H48N2O5S/c1-8-12-13-16-37-29(36)24-23-17-20(6)30(38-23)25(24)27(34)32(22(18-33)19(5)11-4)26(30)28(35)31(15-10-3)21(7)14-9-2/h8,10,19-26,33H,1,3,9,11-18H2,2,4-7H3/t19-,20?,21?,22-,23-,24+,25-,26?,30?/m0/s1. The van der Waals surface area contributed by atoms with Gasteiger partial charge < -0.3 is 19.6 Å². The number of aliphatic hydroxyl groups is 1. The third kappa shape index (κ3) is 5.19. The van der Waals surface area contributed by atoms with E-state index in [1.165, 1.54) is 0 Å². The van der Waals surface area contributed by atoms with E-state index in [0.29, 0.717) is 19.6 Å². The maximum absolute atomic E-state index is 14.6. The number of unbranched alkanes of at least 4 members (excludes halogenated alkanes) is 1. The lowest BCUT2D eigenvalue weighted by Crippen LogP contribution is -2.61. The highest BCUT2D eigenvalue weighted by Crippen LogP contribution is 2.69. The number of amides is 2. The van der Waals surface area contributed by atoms with Gasteiger partial charge in [-0.2, -0.15) is 0 Å². The van der Waals surface area contributed by atoms with Crippen LogP contribution >= 0.6 is 11.8 Å². The number of carbonyl (C=O) groups is 3. The number of hydrogen-bond acceptors (Lipinski definition) is 6. The molecule has 0 aromatic heterocycles. The molecule has 7 nitrogen and oxygen atoms in total. The second-order valence-corrected chi connectivity index (χ2v) is 13.0. The average molecular weight is 549 g/mol. The van der Waals surface area contributed by atoms with Crippen LogP contribution in [0, 0.1) is 23.7 Å². The van der Waals surface area contributed by atoms with E-state index in [0.717, 1.165) is 32.1 Å². The van der Waals surface area contributed by atoms with Crippen molar-refractivity contribution in [3.8, 4) is 0 Å². The number of nitrogens with zero attached hydrogens (tertiary/aromatic N) is 2. The van der Waals surface area contributed by atoms with E-state index in [-0.39, 0.29) is 47.5 Å². The van der Waals surface area contributed by atoms with E-state index in [1.54, 1.807) is 28.8 Å². The fraction of sp³-hybridized carbons (Fsp3) is 0.767. The summed E-state index contributed by atoms with van der Waals surface area (Å²) in [6.07, 6.45) is 8.29. The van der Waals surface area contributed by atoms with Crippen molar-refractivity contribution in [2.45, 2.75) is 101 Å². The van der Waals surface area contributed by atoms with Crippen molar-refractivity contribution in [3.63, 3.8) is 0 Å². The number of hydrogen-bond donors (Lipinski definition) is 1. The molecule has 0 aromatic carbocycles. The maximum Gasteiger partial charge on any atom is 0.310 e. The third-order valence-electron chi connectivity index (χ3n) is 9.18. The fourth-order valence-corrected chi connectivity index (χ4v) is 9.42. The van der Waals surface area contributed by atoms with Crippen LogP contribution in [0.3, 0.4) is 0 Å². The first-order valence-electron chi connectivity index (χ1n) is 14.5. The van der Waals surface area contributed by atoms with Gasteiger partial charge in [0.05, 0.1) is 35.8 Å². The number of rotatable bonds is 15. The predicted molar refractivity (Wildman–Crippen MR) is 153 cm³/mol. The van der Waals surface area contributed by atoms with Crippen molar-refractivity contribution in [2.24, 2.45) is 23.7 Å². The number of thioether (sulfide) groups is 1. The Morgan fingerprint density at radius 1 is 1.29 bits per heavy atom. The van der Waals surface area contributed by atoms with E-state index in [9.17, 15) is 19.5 Å². The minimum atomic E-state index is -0.742. The number of ether oxygens (including phenoxy) is 1. The molecule has 0 aliphatic carbocycles. The first-order valence-corrected chi connectivity index (χ1v) is 15.3. The molecule has 9 atom stereocenters. The van der Waals surface area contributed by atoms with Crippen LogP contribution in [-0.4, -0.2) is 80.6 Å². The Labute approximate surface area is 233 Å². The van der Waals surface area contributed by atoms with E-state index >= 15 is 0 Å².